The van der Waals surface area contributed by atoms with Crippen LogP contribution in [0.3, 0.4) is 0 Å². The van der Waals surface area contributed by atoms with Crippen molar-refractivity contribution in [2.24, 2.45) is 5.16 Å². The van der Waals surface area contributed by atoms with Crippen molar-refractivity contribution < 1.29 is 9.94 Å². The van der Waals surface area contributed by atoms with Crippen molar-refractivity contribution in [1.29, 1.82) is 0 Å². The standard InChI is InChI=1S/C12H12ClNO2/c1-16-10-4-5-11-8(6-10)2-3-9(7-14-15)12(11)13/h4-7,15H,2-3H2,1H3/b14-7+. The Balaban J connectivity index is 2.47. The van der Waals surface area contributed by atoms with E-state index in [-0.39, 0.29) is 0 Å². The van der Waals surface area contributed by atoms with Gasteiger partial charge in [0.05, 0.1) is 18.4 Å². The second-order valence-electron chi connectivity index (χ2n) is 3.61. The maximum absolute atomic E-state index is 8.52. The molecule has 0 heterocycles. The van der Waals surface area contributed by atoms with Crippen LogP contribution in [0.2, 0.25) is 0 Å². The molecule has 0 spiro atoms. The number of oxime groups is 1. The lowest BCUT2D eigenvalue weighted by Crippen LogP contribution is -2.03. The molecule has 1 aromatic carbocycles. The lowest BCUT2D eigenvalue weighted by Gasteiger charge is -2.17. The topological polar surface area (TPSA) is 41.8 Å². The van der Waals surface area contributed by atoms with Gasteiger partial charge in [0, 0.05) is 0 Å². The molecular weight excluding hydrogens is 226 g/mol. The molecule has 4 heteroatoms. The summed E-state index contributed by atoms with van der Waals surface area (Å²) >= 11 is 6.22. The molecule has 16 heavy (non-hydrogen) atoms. The fourth-order valence-corrected chi connectivity index (χ4v) is 2.19. The molecule has 0 saturated heterocycles. The first kappa shape index (κ1) is 11.0. The molecule has 0 radical (unpaired) electrons. The quantitative estimate of drug-likeness (QED) is 0.488. The summed E-state index contributed by atoms with van der Waals surface area (Å²) in [5.41, 5.74) is 3.02. The van der Waals surface area contributed by atoms with Gasteiger partial charge in [0.2, 0.25) is 0 Å². The largest absolute Gasteiger partial charge is 0.497 e. The van der Waals surface area contributed by atoms with E-state index in [1.54, 1.807) is 7.11 Å². The van der Waals surface area contributed by atoms with Crippen molar-refractivity contribution in [3.05, 3.63) is 34.9 Å². The molecule has 0 bridgehead atoms. The van der Waals surface area contributed by atoms with Crippen LogP contribution in [0.25, 0.3) is 5.03 Å². The zero-order chi connectivity index (χ0) is 11.5. The van der Waals surface area contributed by atoms with Crippen LogP contribution < -0.4 is 4.74 Å². The summed E-state index contributed by atoms with van der Waals surface area (Å²) in [4.78, 5) is 0. The molecule has 1 aliphatic rings. The second-order valence-corrected chi connectivity index (χ2v) is 3.98. The smallest absolute Gasteiger partial charge is 0.119 e. The Hall–Kier alpha value is -1.48. The number of allylic oxidation sites excluding steroid dienone is 1. The molecule has 0 aromatic heterocycles. The highest BCUT2D eigenvalue weighted by Crippen LogP contribution is 2.35. The molecule has 1 aliphatic carbocycles. The first-order valence-electron chi connectivity index (χ1n) is 4.99. The zero-order valence-electron chi connectivity index (χ0n) is 8.90. The first-order valence-corrected chi connectivity index (χ1v) is 5.37. The summed E-state index contributed by atoms with van der Waals surface area (Å²) in [5.74, 6) is 0.836. The van der Waals surface area contributed by atoms with E-state index >= 15 is 0 Å². The van der Waals surface area contributed by atoms with Crippen LogP contribution in [0.4, 0.5) is 0 Å². The Morgan fingerprint density at radius 3 is 2.94 bits per heavy atom. The summed E-state index contributed by atoms with van der Waals surface area (Å²) in [6.45, 7) is 0. The molecule has 0 amide bonds. The number of aryl methyl sites for hydroxylation is 1. The molecule has 0 aliphatic heterocycles. The third-order valence-corrected chi connectivity index (χ3v) is 3.15. The Morgan fingerprint density at radius 2 is 2.25 bits per heavy atom. The number of halogens is 1. The minimum Gasteiger partial charge on any atom is -0.497 e. The van der Waals surface area contributed by atoms with Gasteiger partial charge in [-0.1, -0.05) is 16.8 Å². The fourth-order valence-electron chi connectivity index (χ4n) is 1.86. The summed E-state index contributed by atoms with van der Waals surface area (Å²) < 4.78 is 5.16. The van der Waals surface area contributed by atoms with Crippen molar-refractivity contribution in [1.82, 2.24) is 0 Å². The van der Waals surface area contributed by atoms with E-state index in [1.165, 1.54) is 11.8 Å². The number of fused-ring (bicyclic) bond motifs is 1. The van der Waals surface area contributed by atoms with Gasteiger partial charge in [0.1, 0.15) is 5.75 Å². The first-order chi connectivity index (χ1) is 7.76. The van der Waals surface area contributed by atoms with Crippen LogP contribution in [0.5, 0.6) is 5.75 Å². The van der Waals surface area contributed by atoms with Gasteiger partial charge in [-0.2, -0.15) is 0 Å². The van der Waals surface area contributed by atoms with E-state index in [0.29, 0.717) is 5.03 Å². The van der Waals surface area contributed by atoms with Crippen molar-refractivity contribution in [2.45, 2.75) is 12.8 Å². The van der Waals surface area contributed by atoms with Gasteiger partial charge in [0.25, 0.3) is 0 Å². The number of hydrogen-bond acceptors (Lipinski definition) is 3. The molecule has 84 valence electrons. The number of methoxy groups -OCH3 is 1. The molecule has 0 atom stereocenters. The molecule has 0 unspecified atom stereocenters. The van der Waals surface area contributed by atoms with E-state index in [0.717, 1.165) is 29.7 Å². The summed E-state index contributed by atoms with van der Waals surface area (Å²) in [5, 5.41) is 12.2. The molecule has 0 saturated carbocycles. The molecule has 3 nitrogen and oxygen atoms in total. The Morgan fingerprint density at radius 1 is 1.44 bits per heavy atom. The lowest BCUT2D eigenvalue weighted by atomic mass is 9.92. The normalized spacial score (nSPS) is 15.4. The molecule has 0 fully saturated rings. The third-order valence-electron chi connectivity index (χ3n) is 2.71. The van der Waals surface area contributed by atoms with Crippen molar-refractivity contribution in [2.75, 3.05) is 7.11 Å². The highest BCUT2D eigenvalue weighted by atomic mass is 35.5. The number of ether oxygens (including phenoxy) is 1. The van der Waals surface area contributed by atoms with Crippen molar-refractivity contribution in [3.8, 4) is 5.75 Å². The van der Waals surface area contributed by atoms with Crippen LogP contribution in [0.1, 0.15) is 17.5 Å². The van der Waals surface area contributed by atoms with Gasteiger partial charge >= 0.3 is 0 Å². The van der Waals surface area contributed by atoms with Crippen LogP contribution in [-0.4, -0.2) is 18.5 Å². The van der Waals surface area contributed by atoms with Gasteiger partial charge in [0.15, 0.2) is 0 Å². The average molecular weight is 238 g/mol. The van der Waals surface area contributed by atoms with E-state index in [2.05, 4.69) is 5.16 Å². The number of benzene rings is 1. The summed E-state index contributed by atoms with van der Waals surface area (Å²) in [7, 11) is 1.64. The predicted octanol–water partition coefficient (Wildman–Crippen LogP) is 3.05. The Bertz CT molecular complexity index is 466. The molecule has 2 rings (SSSR count). The monoisotopic (exact) mass is 237 g/mol. The van der Waals surface area contributed by atoms with Gasteiger partial charge in [-0.3, -0.25) is 0 Å². The highest BCUT2D eigenvalue weighted by molar-refractivity contribution is 6.50. The highest BCUT2D eigenvalue weighted by Gasteiger charge is 2.17. The number of nitrogens with zero attached hydrogens (tertiary/aromatic N) is 1. The average Bonchev–Trinajstić information content (AvgIpc) is 2.32. The minimum atomic E-state index is 0.654. The van der Waals surface area contributed by atoms with Gasteiger partial charge in [-0.05, 0) is 47.7 Å². The maximum Gasteiger partial charge on any atom is 0.119 e. The van der Waals surface area contributed by atoms with Crippen LogP contribution >= 0.6 is 11.6 Å². The molecular formula is C12H12ClNO2. The third kappa shape index (κ3) is 1.91. The van der Waals surface area contributed by atoms with Gasteiger partial charge in [-0.15, -0.1) is 0 Å². The fraction of sp³-hybridized carbons (Fsp3) is 0.250. The van der Waals surface area contributed by atoms with E-state index in [4.69, 9.17) is 21.5 Å². The molecule has 1 aromatic rings. The van der Waals surface area contributed by atoms with E-state index < -0.39 is 0 Å². The van der Waals surface area contributed by atoms with Crippen molar-refractivity contribution >= 4 is 22.8 Å². The van der Waals surface area contributed by atoms with E-state index in [1.807, 2.05) is 18.2 Å². The van der Waals surface area contributed by atoms with Crippen LogP contribution in [0.15, 0.2) is 28.9 Å². The maximum atomic E-state index is 8.52. The van der Waals surface area contributed by atoms with E-state index in [9.17, 15) is 0 Å². The lowest BCUT2D eigenvalue weighted by molar-refractivity contribution is 0.321. The van der Waals surface area contributed by atoms with Crippen LogP contribution in [-0.2, 0) is 6.42 Å². The van der Waals surface area contributed by atoms with Gasteiger partial charge in [-0.25, -0.2) is 0 Å². The summed E-state index contributed by atoms with van der Waals surface area (Å²) in [6, 6.07) is 5.80. The molecule has 1 N–H and O–H groups in total. The van der Waals surface area contributed by atoms with Crippen molar-refractivity contribution in [3.63, 3.8) is 0 Å². The SMILES string of the molecule is COc1ccc2c(c1)CCC(/C=N/O)=C2Cl. The van der Waals surface area contributed by atoms with Gasteiger partial charge < -0.3 is 9.94 Å². The minimum absolute atomic E-state index is 0.654. The predicted molar refractivity (Wildman–Crippen MR) is 64.4 cm³/mol. The second kappa shape index (κ2) is 4.58. The Labute approximate surface area is 99.0 Å². The number of hydrogen-bond donors (Lipinski definition) is 1. The number of rotatable bonds is 2. The Kier molecular flexibility index (Phi) is 3.15. The summed E-state index contributed by atoms with van der Waals surface area (Å²) in [6.07, 6.45) is 3.06. The van der Waals surface area contributed by atoms with Crippen LogP contribution in [0, 0.1) is 0 Å². The zero-order valence-corrected chi connectivity index (χ0v) is 9.66.